The van der Waals surface area contributed by atoms with Gasteiger partial charge in [0.15, 0.2) is 0 Å². The number of rotatable bonds is 1. The third kappa shape index (κ3) is 1.69. The number of pyridine rings is 1. The summed E-state index contributed by atoms with van der Waals surface area (Å²) in [5.41, 5.74) is -0.122. The lowest BCUT2D eigenvalue weighted by Crippen LogP contribution is -2.13. The summed E-state index contributed by atoms with van der Waals surface area (Å²) >= 11 is 0. The minimum absolute atomic E-state index is 0.0420. The van der Waals surface area contributed by atoms with Crippen molar-refractivity contribution in [1.29, 1.82) is 0 Å². The zero-order chi connectivity index (χ0) is 10.0. The molecular weight excluding hydrogens is 174 g/mol. The van der Waals surface area contributed by atoms with Gasteiger partial charge in [0.1, 0.15) is 5.56 Å². The second-order valence-corrected chi connectivity index (χ2v) is 2.54. The predicted molar refractivity (Wildman–Crippen MR) is 44.8 cm³/mol. The molecule has 0 bridgehead atoms. The van der Waals surface area contributed by atoms with E-state index < -0.39 is 17.4 Å². The highest BCUT2D eigenvalue weighted by atomic mass is 16.5. The molecule has 1 rings (SSSR count). The Morgan fingerprint density at radius 1 is 1.62 bits per heavy atom. The van der Waals surface area contributed by atoms with Gasteiger partial charge >= 0.3 is 5.97 Å². The number of aromatic hydroxyl groups is 1. The van der Waals surface area contributed by atoms with Crippen LogP contribution < -0.4 is 5.56 Å². The van der Waals surface area contributed by atoms with E-state index in [0.717, 1.165) is 0 Å². The van der Waals surface area contributed by atoms with E-state index >= 15 is 0 Å². The molecule has 70 valence electrons. The van der Waals surface area contributed by atoms with Crippen LogP contribution in [-0.4, -0.2) is 23.2 Å². The van der Waals surface area contributed by atoms with Gasteiger partial charge in [-0.1, -0.05) is 0 Å². The largest absolute Gasteiger partial charge is 0.494 e. The van der Waals surface area contributed by atoms with Crippen molar-refractivity contribution < 1.29 is 14.6 Å². The molecule has 0 saturated carbocycles. The van der Waals surface area contributed by atoms with Gasteiger partial charge in [-0.3, -0.25) is 9.78 Å². The second-order valence-electron chi connectivity index (χ2n) is 2.54. The van der Waals surface area contributed by atoms with Gasteiger partial charge in [-0.15, -0.1) is 0 Å². The van der Waals surface area contributed by atoms with Gasteiger partial charge in [-0.05, 0) is 13.0 Å². The highest BCUT2D eigenvalue weighted by molar-refractivity contribution is 5.91. The SMILES string of the molecule is COC(=O)c1cc(C)c(=O)[nH]c1O. The molecule has 0 spiro atoms. The number of ether oxygens (including phenoxy) is 1. The highest BCUT2D eigenvalue weighted by Crippen LogP contribution is 2.12. The number of nitrogens with one attached hydrogen (secondary N) is 1. The van der Waals surface area contributed by atoms with Gasteiger partial charge in [0.2, 0.25) is 5.88 Å². The molecule has 1 heterocycles. The fourth-order valence-electron chi connectivity index (χ4n) is 0.889. The Morgan fingerprint density at radius 2 is 2.23 bits per heavy atom. The van der Waals surface area contributed by atoms with Crippen LogP contribution >= 0.6 is 0 Å². The highest BCUT2D eigenvalue weighted by Gasteiger charge is 2.13. The van der Waals surface area contributed by atoms with Crippen LogP contribution in [0.1, 0.15) is 15.9 Å². The van der Waals surface area contributed by atoms with Crippen molar-refractivity contribution in [1.82, 2.24) is 4.98 Å². The molecule has 1 aromatic rings. The molecule has 0 aliphatic carbocycles. The normalized spacial score (nSPS) is 9.69. The number of methoxy groups -OCH3 is 1. The van der Waals surface area contributed by atoms with E-state index in [9.17, 15) is 9.59 Å². The molecule has 0 fully saturated rings. The molecule has 0 unspecified atom stereocenters. The van der Waals surface area contributed by atoms with Gasteiger partial charge in [0, 0.05) is 5.56 Å². The molecule has 0 atom stereocenters. The van der Waals surface area contributed by atoms with Crippen molar-refractivity contribution in [2.24, 2.45) is 0 Å². The number of aromatic nitrogens is 1. The standard InChI is InChI=1S/C8H9NO4/c1-4-3-5(8(12)13-2)7(11)9-6(4)10/h3H,1-2H3,(H2,9,10,11). The molecule has 2 N–H and O–H groups in total. The van der Waals surface area contributed by atoms with E-state index in [0.29, 0.717) is 5.56 Å². The third-order valence-electron chi connectivity index (χ3n) is 1.61. The third-order valence-corrected chi connectivity index (χ3v) is 1.61. The minimum Gasteiger partial charge on any atom is -0.494 e. The van der Waals surface area contributed by atoms with Crippen LogP contribution in [0.4, 0.5) is 0 Å². The summed E-state index contributed by atoms with van der Waals surface area (Å²) in [6, 6.07) is 1.28. The average molecular weight is 183 g/mol. The van der Waals surface area contributed by atoms with Crippen molar-refractivity contribution in [2.75, 3.05) is 7.11 Å². The number of carbonyl (C=O) groups is 1. The Hall–Kier alpha value is -1.78. The first kappa shape index (κ1) is 9.31. The number of aromatic amines is 1. The number of hydrogen-bond donors (Lipinski definition) is 2. The lowest BCUT2D eigenvalue weighted by Gasteiger charge is -2.02. The molecule has 0 saturated heterocycles. The number of esters is 1. The van der Waals surface area contributed by atoms with Crippen molar-refractivity contribution >= 4 is 5.97 Å². The Labute approximate surface area is 74.0 Å². The predicted octanol–water partition coefficient (Wildman–Crippen LogP) is 0.176. The van der Waals surface area contributed by atoms with E-state index in [1.54, 1.807) is 0 Å². The summed E-state index contributed by atoms with van der Waals surface area (Å²) in [5, 5.41) is 9.16. The smallest absolute Gasteiger partial charge is 0.343 e. The lowest BCUT2D eigenvalue weighted by molar-refractivity contribution is 0.0596. The topological polar surface area (TPSA) is 79.4 Å². The number of hydrogen-bond acceptors (Lipinski definition) is 4. The van der Waals surface area contributed by atoms with Crippen molar-refractivity contribution in [2.45, 2.75) is 6.92 Å². The maximum absolute atomic E-state index is 11.0. The van der Waals surface area contributed by atoms with Gasteiger partial charge in [-0.25, -0.2) is 4.79 Å². The summed E-state index contributed by atoms with van der Waals surface area (Å²) in [5.74, 6) is -1.15. The van der Waals surface area contributed by atoms with Crippen LogP contribution in [0.2, 0.25) is 0 Å². The van der Waals surface area contributed by atoms with E-state index in [2.05, 4.69) is 9.72 Å². The summed E-state index contributed by atoms with van der Waals surface area (Å²) in [4.78, 5) is 24.1. The van der Waals surface area contributed by atoms with Crippen molar-refractivity contribution in [3.8, 4) is 5.88 Å². The summed E-state index contributed by atoms with van der Waals surface area (Å²) in [6.45, 7) is 1.53. The minimum atomic E-state index is -0.683. The van der Waals surface area contributed by atoms with Crippen LogP contribution in [-0.2, 0) is 4.74 Å². The first-order valence-corrected chi connectivity index (χ1v) is 3.57. The number of H-pyrrole nitrogens is 1. The van der Waals surface area contributed by atoms with Gasteiger partial charge < -0.3 is 9.84 Å². The molecule has 0 aromatic carbocycles. The molecular formula is C8H9NO4. The van der Waals surface area contributed by atoms with Crippen LogP contribution in [0, 0.1) is 6.92 Å². The zero-order valence-corrected chi connectivity index (χ0v) is 7.25. The first-order chi connectivity index (χ1) is 6.06. The lowest BCUT2D eigenvalue weighted by atomic mass is 10.2. The van der Waals surface area contributed by atoms with E-state index in [4.69, 9.17) is 5.11 Å². The maximum atomic E-state index is 11.0. The van der Waals surface area contributed by atoms with Gasteiger partial charge in [-0.2, -0.15) is 0 Å². The van der Waals surface area contributed by atoms with Gasteiger partial charge in [0.05, 0.1) is 7.11 Å². The number of carbonyl (C=O) groups excluding carboxylic acids is 1. The van der Waals surface area contributed by atoms with Crippen LogP contribution in [0.5, 0.6) is 5.88 Å². The fourth-order valence-corrected chi connectivity index (χ4v) is 0.889. The summed E-state index contributed by atoms with van der Waals surface area (Å²) in [6.07, 6.45) is 0. The molecule has 0 aliphatic heterocycles. The Bertz CT molecular complexity index is 394. The summed E-state index contributed by atoms with van der Waals surface area (Å²) in [7, 11) is 1.20. The Balaban J connectivity index is 3.31. The first-order valence-electron chi connectivity index (χ1n) is 3.57. The van der Waals surface area contributed by atoms with Crippen molar-refractivity contribution in [3.05, 3.63) is 27.5 Å². The monoisotopic (exact) mass is 183 g/mol. The van der Waals surface area contributed by atoms with Crippen molar-refractivity contribution in [3.63, 3.8) is 0 Å². The summed E-state index contributed by atoms with van der Waals surface area (Å²) < 4.78 is 4.39. The molecule has 5 heteroatoms. The van der Waals surface area contributed by atoms with Crippen LogP contribution in [0.3, 0.4) is 0 Å². The molecule has 13 heavy (non-hydrogen) atoms. The Kier molecular flexibility index (Phi) is 2.36. The quantitative estimate of drug-likeness (QED) is 0.608. The fraction of sp³-hybridized carbons (Fsp3) is 0.250. The van der Waals surface area contributed by atoms with E-state index in [-0.39, 0.29) is 5.56 Å². The molecule has 0 amide bonds. The average Bonchev–Trinajstić information content (AvgIpc) is 2.10. The Morgan fingerprint density at radius 3 is 2.77 bits per heavy atom. The van der Waals surface area contributed by atoms with Crippen LogP contribution in [0.25, 0.3) is 0 Å². The number of aryl methyl sites for hydroxylation is 1. The van der Waals surface area contributed by atoms with E-state index in [1.807, 2.05) is 0 Å². The molecule has 1 aromatic heterocycles. The van der Waals surface area contributed by atoms with E-state index in [1.165, 1.54) is 20.1 Å². The molecule has 5 nitrogen and oxygen atoms in total. The van der Waals surface area contributed by atoms with Crippen LogP contribution in [0.15, 0.2) is 10.9 Å². The second kappa shape index (κ2) is 3.30. The van der Waals surface area contributed by atoms with Gasteiger partial charge in [0.25, 0.3) is 5.56 Å². The molecule has 0 radical (unpaired) electrons. The zero-order valence-electron chi connectivity index (χ0n) is 7.25. The maximum Gasteiger partial charge on any atom is 0.343 e. The molecule has 0 aliphatic rings.